The van der Waals surface area contributed by atoms with Crippen LogP contribution in [0.1, 0.15) is 36.3 Å². The fourth-order valence-electron chi connectivity index (χ4n) is 1.88. The highest BCUT2D eigenvalue weighted by Crippen LogP contribution is 2.14. The van der Waals surface area contributed by atoms with Gasteiger partial charge in [-0.2, -0.15) is 0 Å². The van der Waals surface area contributed by atoms with Crippen LogP contribution in [0.2, 0.25) is 0 Å². The van der Waals surface area contributed by atoms with Gasteiger partial charge in [-0.15, -0.1) is 5.10 Å². The molecule has 0 saturated carbocycles. The minimum absolute atomic E-state index is 0.0376. The minimum atomic E-state index is -1.14. The van der Waals surface area contributed by atoms with Crippen molar-refractivity contribution in [1.82, 2.24) is 19.9 Å². The van der Waals surface area contributed by atoms with Crippen LogP contribution in [0.25, 0.3) is 0 Å². The van der Waals surface area contributed by atoms with Crippen molar-refractivity contribution in [2.75, 3.05) is 13.1 Å². The van der Waals surface area contributed by atoms with E-state index in [4.69, 9.17) is 5.11 Å². The standard InChI is InChI=1S/C10H14N4O3/c1-7(9(15)13-4-2-3-5-13)14-6-8(10(16)17)11-12-14/h6-7H,2-5H2,1H3,(H,16,17). The van der Waals surface area contributed by atoms with Crippen molar-refractivity contribution in [1.29, 1.82) is 0 Å². The number of hydrogen-bond acceptors (Lipinski definition) is 4. The third-order valence-corrected chi connectivity index (χ3v) is 2.90. The first kappa shape index (κ1) is 11.6. The van der Waals surface area contributed by atoms with Gasteiger partial charge in [-0.25, -0.2) is 9.48 Å². The summed E-state index contributed by atoms with van der Waals surface area (Å²) in [5, 5.41) is 15.9. The summed E-state index contributed by atoms with van der Waals surface area (Å²) in [5.74, 6) is -1.18. The number of carbonyl (C=O) groups is 2. The zero-order valence-electron chi connectivity index (χ0n) is 9.54. The summed E-state index contributed by atoms with van der Waals surface area (Å²) in [7, 11) is 0. The summed E-state index contributed by atoms with van der Waals surface area (Å²) in [6.45, 7) is 3.23. The maximum Gasteiger partial charge on any atom is 0.358 e. The molecule has 0 aromatic carbocycles. The highest BCUT2D eigenvalue weighted by molar-refractivity contribution is 5.85. The van der Waals surface area contributed by atoms with E-state index in [1.807, 2.05) is 0 Å². The Morgan fingerprint density at radius 3 is 2.59 bits per heavy atom. The lowest BCUT2D eigenvalue weighted by molar-refractivity contribution is -0.133. The lowest BCUT2D eigenvalue weighted by Crippen LogP contribution is -2.34. The first-order chi connectivity index (χ1) is 8.09. The highest BCUT2D eigenvalue weighted by atomic mass is 16.4. The fraction of sp³-hybridized carbons (Fsp3) is 0.600. The molecule has 2 rings (SSSR count). The van der Waals surface area contributed by atoms with Crippen molar-refractivity contribution < 1.29 is 14.7 Å². The van der Waals surface area contributed by atoms with E-state index in [0.717, 1.165) is 25.9 Å². The molecule has 7 nitrogen and oxygen atoms in total. The van der Waals surface area contributed by atoms with Crippen LogP contribution in [0.15, 0.2) is 6.20 Å². The zero-order chi connectivity index (χ0) is 12.4. The normalized spacial score (nSPS) is 17.1. The van der Waals surface area contributed by atoms with Gasteiger partial charge in [-0.05, 0) is 19.8 Å². The second-order valence-corrected chi connectivity index (χ2v) is 4.10. The number of aromatic nitrogens is 3. The molecule has 1 N–H and O–H groups in total. The number of aromatic carboxylic acids is 1. The van der Waals surface area contributed by atoms with Gasteiger partial charge < -0.3 is 10.0 Å². The summed E-state index contributed by atoms with van der Waals surface area (Å²) in [6, 6.07) is -0.506. The lowest BCUT2D eigenvalue weighted by Gasteiger charge is -2.19. The van der Waals surface area contributed by atoms with E-state index in [0.29, 0.717) is 0 Å². The lowest BCUT2D eigenvalue weighted by atomic mass is 10.3. The predicted molar refractivity (Wildman–Crippen MR) is 57.5 cm³/mol. The Kier molecular flexibility index (Phi) is 3.08. The number of hydrogen-bond donors (Lipinski definition) is 1. The molecule has 0 spiro atoms. The van der Waals surface area contributed by atoms with Crippen LogP contribution in [0, 0.1) is 0 Å². The predicted octanol–water partition coefficient (Wildman–Crippen LogP) is 0.160. The van der Waals surface area contributed by atoms with E-state index in [9.17, 15) is 9.59 Å². The number of amides is 1. The average Bonchev–Trinajstić information content (AvgIpc) is 2.97. The molecule has 7 heteroatoms. The Labute approximate surface area is 98.0 Å². The topological polar surface area (TPSA) is 88.3 Å². The van der Waals surface area contributed by atoms with Gasteiger partial charge in [0, 0.05) is 13.1 Å². The van der Waals surface area contributed by atoms with Crippen LogP contribution in [-0.4, -0.2) is 50.0 Å². The number of carboxylic acid groups (broad SMARTS) is 1. The third kappa shape index (κ3) is 2.27. The summed E-state index contributed by atoms with van der Waals surface area (Å²) < 4.78 is 1.30. The van der Waals surface area contributed by atoms with Crippen LogP contribution in [0.3, 0.4) is 0 Å². The Hall–Kier alpha value is -1.92. The van der Waals surface area contributed by atoms with Crippen molar-refractivity contribution in [2.24, 2.45) is 0 Å². The second kappa shape index (κ2) is 4.52. The van der Waals surface area contributed by atoms with Gasteiger partial charge in [0.25, 0.3) is 0 Å². The molecule has 1 atom stereocenters. The van der Waals surface area contributed by atoms with Crippen molar-refractivity contribution >= 4 is 11.9 Å². The van der Waals surface area contributed by atoms with E-state index in [1.165, 1.54) is 10.9 Å². The smallest absolute Gasteiger partial charge is 0.358 e. The first-order valence-electron chi connectivity index (χ1n) is 5.53. The van der Waals surface area contributed by atoms with Crippen molar-refractivity contribution in [3.8, 4) is 0 Å². The monoisotopic (exact) mass is 238 g/mol. The summed E-state index contributed by atoms with van der Waals surface area (Å²) in [4.78, 5) is 24.4. The first-order valence-corrected chi connectivity index (χ1v) is 5.53. The van der Waals surface area contributed by atoms with Gasteiger partial charge in [0.05, 0.1) is 6.20 Å². The van der Waals surface area contributed by atoms with Gasteiger partial charge in [-0.3, -0.25) is 4.79 Å². The van der Waals surface area contributed by atoms with Crippen molar-refractivity contribution in [3.63, 3.8) is 0 Å². The van der Waals surface area contributed by atoms with E-state index < -0.39 is 12.0 Å². The molecule has 1 aliphatic rings. The van der Waals surface area contributed by atoms with Crippen LogP contribution >= 0.6 is 0 Å². The SMILES string of the molecule is CC(C(=O)N1CCCC1)n1cc(C(=O)O)nn1. The summed E-state index contributed by atoms with van der Waals surface area (Å²) in [5.41, 5.74) is -0.147. The van der Waals surface area contributed by atoms with Crippen LogP contribution in [-0.2, 0) is 4.79 Å². The minimum Gasteiger partial charge on any atom is -0.476 e. The zero-order valence-corrected chi connectivity index (χ0v) is 9.54. The Bertz CT molecular complexity index is 437. The molecule has 1 amide bonds. The molecule has 1 aromatic heterocycles. The summed E-state index contributed by atoms with van der Waals surface area (Å²) >= 11 is 0. The maximum atomic E-state index is 12.0. The molecular formula is C10H14N4O3. The largest absolute Gasteiger partial charge is 0.476 e. The molecule has 1 saturated heterocycles. The number of carbonyl (C=O) groups excluding carboxylic acids is 1. The van der Waals surface area contributed by atoms with Gasteiger partial charge >= 0.3 is 5.97 Å². The van der Waals surface area contributed by atoms with Gasteiger partial charge in [0.1, 0.15) is 6.04 Å². The Morgan fingerprint density at radius 2 is 2.06 bits per heavy atom. The van der Waals surface area contributed by atoms with Crippen LogP contribution in [0.4, 0.5) is 0 Å². The van der Waals surface area contributed by atoms with Crippen molar-refractivity contribution in [2.45, 2.75) is 25.8 Å². The molecule has 0 radical (unpaired) electrons. The van der Waals surface area contributed by atoms with Crippen LogP contribution < -0.4 is 0 Å². The molecule has 1 aromatic rings. The molecule has 1 unspecified atom stereocenters. The maximum absolute atomic E-state index is 12.0. The van der Waals surface area contributed by atoms with Gasteiger partial charge in [0.2, 0.25) is 5.91 Å². The van der Waals surface area contributed by atoms with Crippen molar-refractivity contribution in [3.05, 3.63) is 11.9 Å². The molecule has 17 heavy (non-hydrogen) atoms. The quantitative estimate of drug-likeness (QED) is 0.810. The number of carboxylic acids is 1. The highest BCUT2D eigenvalue weighted by Gasteiger charge is 2.25. The summed E-state index contributed by atoms with van der Waals surface area (Å²) in [6.07, 6.45) is 3.33. The van der Waals surface area contributed by atoms with E-state index in [-0.39, 0.29) is 11.6 Å². The third-order valence-electron chi connectivity index (χ3n) is 2.90. The number of nitrogens with zero attached hydrogens (tertiary/aromatic N) is 4. The second-order valence-electron chi connectivity index (χ2n) is 4.10. The molecule has 2 heterocycles. The molecule has 92 valence electrons. The number of likely N-dealkylation sites (tertiary alicyclic amines) is 1. The molecule has 1 fully saturated rings. The fourth-order valence-corrected chi connectivity index (χ4v) is 1.88. The molecule has 1 aliphatic heterocycles. The van der Waals surface area contributed by atoms with Gasteiger partial charge in [-0.1, -0.05) is 5.21 Å². The van der Waals surface area contributed by atoms with E-state index in [2.05, 4.69) is 10.3 Å². The average molecular weight is 238 g/mol. The van der Waals surface area contributed by atoms with E-state index >= 15 is 0 Å². The molecular weight excluding hydrogens is 224 g/mol. The van der Waals surface area contributed by atoms with E-state index in [1.54, 1.807) is 11.8 Å². The number of rotatable bonds is 3. The molecule has 0 bridgehead atoms. The van der Waals surface area contributed by atoms with Gasteiger partial charge in [0.15, 0.2) is 5.69 Å². The molecule has 0 aliphatic carbocycles. The Morgan fingerprint density at radius 1 is 1.41 bits per heavy atom. The van der Waals surface area contributed by atoms with Crippen LogP contribution in [0.5, 0.6) is 0 Å². The Balaban J connectivity index is 2.09.